The van der Waals surface area contributed by atoms with Gasteiger partial charge in [-0.2, -0.15) is 13.2 Å². The monoisotopic (exact) mass is 217 g/mol. The Balaban J connectivity index is 2.57. The number of hydrogen-bond acceptors (Lipinski definition) is 2. The summed E-state index contributed by atoms with van der Waals surface area (Å²) in [5, 5.41) is 3.00. The minimum absolute atomic E-state index is 0.297. The zero-order valence-corrected chi connectivity index (χ0v) is 7.93. The Morgan fingerprint density at radius 2 is 2.20 bits per heavy atom. The lowest BCUT2D eigenvalue weighted by Crippen LogP contribution is -2.30. The third-order valence-electron chi connectivity index (χ3n) is 2.36. The molecule has 82 valence electrons. The number of rotatable bonds is 1. The molecule has 0 radical (unpaired) electrons. The van der Waals surface area contributed by atoms with E-state index < -0.39 is 12.0 Å². The molecule has 15 heavy (non-hydrogen) atoms. The van der Waals surface area contributed by atoms with Crippen molar-refractivity contribution in [2.24, 2.45) is 0 Å². The number of hydrogen-bond donors (Lipinski definition) is 1. The molecule has 2 heterocycles. The van der Waals surface area contributed by atoms with Gasteiger partial charge in [-0.25, -0.2) is 4.98 Å². The van der Waals surface area contributed by atoms with Crippen molar-refractivity contribution in [3.63, 3.8) is 0 Å². The quantitative estimate of drug-likeness (QED) is 0.775. The molecule has 0 spiro atoms. The summed E-state index contributed by atoms with van der Waals surface area (Å²) in [6.45, 7) is 4.70. The first-order valence-electron chi connectivity index (χ1n) is 4.54. The summed E-state index contributed by atoms with van der Waals surface area (Å²) in [6.07, 6.45) is -3.04. The normalized spacial score (nSPS) is 16.2. The third-order valence-corrected chi connectivity index (χ3v) is 2.36. The molecule has 1 aliphatic rings. The van der Waals surface area contributed by atoms with Gasteiger partial charge in [-0.05, 0) is 6.08 Å². The second-order valence-corrected chi connectivity index (χ2v) is 3.30. The second-order valence-electron chi connectivity index (χ2n) is 3.30. The van der Waals surface area contributed by atoms with Crippen molar-refractivity contribution in [2.45, 2.75) is 19.3 Å². The molecular formula is C9H10F3N3. The second kappa shape index (κ2) is 3.37. The molecule has 0 aliphatic carbocycles. The molecule has 0 bridgehead atoms. The Kier molecular flexibility index (Phi) is 2.30. The van der Waals surface area contributed by atoms with Crippen LogP contribution in [0.15, 0.2) is 6.58 Å². The molecule has 3 nitrogen and oxygen atoms in total. The number of halogens is 3. The fourth-order valence-electron chi connectivity index (χ4n) is 1.71. The molecule has 1 N–H and O–H groups in total. The van der Waals surface area contributed by atoms with E-state index in [0.29, 0.717) is 31.0 Å². The number of alkyl halides is 3. The Morgan fingerprint density at radius 3 is 2.80 bits per heavy atom. The summed E-state index contributed by atoms with van der Waals surface area (Å²) in [6, 6.07) is 0. The molecule has 0 atom stereocenters. The van der Waals surface area contributed by atoms with E-state index in [1.807, 2.05) is 0 Å². The van der Waals surface area contributed by atoms with Crippen LogP contribution in [0.5, 0.6) is 0 Å². The first-order chi connectivity index (χ1) is 7.04. The molecule has 2 rings (SSSR count). The van der Waals surface area contributed by atoms with Gasteiger partial charge in [-0.3, -0.25) is 0 Å². The van der Waals surface area contributed by atoms with Crippen LogP contribution < -0.4 is 5.32 Å². The lowest BCUT2D eigenvalue weighted by molar-refractivity contribution is -0.147. The van der Waals surface area contributed by atoms with Gasteiger partial charge in [0.2, 0.25) is 5.82 Å². The van der Waals surface area contributed by atoms with E-state index in [9.17, 15) is 13.2 Å². The molecule has 0 saturated heterocycles. The molecule has 0 aromatic carbocycles. The van der Waals surface area contributed by atoms with Crippen molar-refractivity contribution in [3.05, 3.63) is 23.8 Å². The van der Waals surface area contributed by atoms with E-state index in [1.165, 1.54) is 10.6 Å². The standard InChI is InChI=1S/C9H10F3N3/c1-2-6-7-5-13-3-4-15(7)8(14-6)9(10,11)12/h2,13H,1,3-5H2. The highest BCUT2D eigenvalue weighted by molar-refractivity contribution is 5.46. The van der Waals surface area contributed by atoms with Crippen LogP contribution in [0.3, 0.4) is 0 Å². The van der Waals surface area contributed by atoms with E-state index >= 15 is 0 Å². The van der Waals surface area contributed by atoms with Crippen LogP contribution in [0.2, 0.25) is 0 Å². The molecule has 0 fully saturated rings. The molecule has 0 unspecified atom stereocenters. The third kappa shape index (κ3) is 1.65. The Hall–Kier alpha value is -1.30. The molecule has 1 aromatic rings. The minimum Gasteiger partial charge on any atom is -0.321 e. The van der Waals surface area contributed by atoms with Crippen LogP contribution in [0, 0.1) is 0 Å². The van der Waals surface area contributed by atoms with Gasteiger partial charge in [0.25, 0.3) is 0 Å². The Bertz CT molecular complexity index is 392. The van der Waals surface area contributed by atoms with Gasteiger partial charge in [0.15, 0.2) is 0 Å². The number of fused-ring (bicyclic) bond motifs is 1. The van der Waals surface area contributed by atoms with E-state index in [-0.39, 0.29) is 0 Å². The van der Waals surface area contributed by atoms with Crippen molar-refractivity contribution >= 4 is 6.08 Å². The summed E-state index contributed by atoms with van der Waals surface area (Å²) in [5.41, 5.74) is 0.873. The Labute approximate surface area is 84.6 Å². The topological polar surface area (TPSA) is 29.9 Å². The molecular weight excluding hydrogens is 207 g/mol. The van der Waals surface area contributed by atoms with Crippen LogP contribution in [-0.4, -0.2) is 16.1 Å². The fourth-order valence-corrected chi connectivity index (χ4v) is 1.71. The first kappa shape index (κ1) is 10.2. The van der Waals surface area contributed by atoms with Crippen LogP contribution >= 0.6 is 0 Å². The molecule has 0 amide bonds. The largest absolute Gasteiger partial charge is 0.449 e. The van der Waals surface area contributed by atoms with Crippen molar-refractivity contribution in [3.8, 4) is 0 Å². The number of aromatic nitrogens is 2. The fraction of sp³-hybridized carbons (Fsp3) is 0.444. The SMILES string of the molecule is C=Cc1nc(C(F)(F)F)n2c1CNCC2. The highest BCUT2D eigenvalue weighted by atomic mass is 19.4. The van der Waals surface area contributed by atoms with Gasteiger partial charge in [0, 0.05) is 19.6 Å². The van der Waals surface area contributed by atoms with Crippen LogP contribution in [-0.2, 0) is 19.3 Å². The van der Waals surface area contributed by atoms with Gasteiger partial charge in [0.05, 0.1) is 11.4 Å². The van der Waals surface area contributed by atoms with Gasteiger partial charge in [-0.1, -0.05) is 6.58 Å². The van der Waals surface area contributed by atoms with Crippen molar-refractivity contribution in [1.82, 2.24) is 14.9 Å². The maximum Gasteiger partial charge on any atom is 0.449 e. The molecule has 1 aliphatic heterocycles. The van der Waals surface area contributed by atoms with Crippen LogP contribution in [0.4, 0.5) is 13.2 Å². The first-order valence-corrected chi connectivity index (χ1v) is 4.54. The summed E-state index contributed by atoms with van der Waals surface area (Å²) in [5.74, 6) is -0.825. The summed E-state index contributed by atoms with van der Waals surface area (Å²) in [7, 11) is 0. The van der Waals surface area contributed by atoms with E-state index in [2.05, 4.69) is 16.9 Å². The predicted molar refractivity (Wildman–Crippen MR) is 49.0 cm³/mol. The average molecular weight is 217 g/mol. The zero-order chi connectivity index (χ0) is 11.1. The van der Waals surface area contributed by atoms with E-state index in [4.69, 9.17) is 0 Å². The smallest absolute Gasteiger partial charge is 0.321 e. The summed E-state index contributed by atoms with van der Waals surface area (Å²) in [4.78, 5) is 3.56. The minimum atomic E-state index is -4.40. The van der Waals surface area contributed by atoms with E-state index in [1.54, 1.807) is 0 Å². The highest BCUT2D eigenvalue weighted by Crippen LogP contribution is 2.31. The van der Waals surface area contributed by atoms with Crippen LogP contribution in [0.1, 0.15) is 17.2 Å². The Morgan fingerprint density at radius 1 is 1.47 bits per heavy atom. The lowest BCUT2D eigenvalue weighted by atomic mass is 10.2. The number of nitrogens with zero attached hydrogens (tertiary/aromatic N) is 2. The van der Waals surface area contributed by atoms with Crippen molar-refractivity contribution in [1.29, 1.82) is 0 Å². The maximum absolute atomic E-state index is 12.6. The van der Waals surface area contributed by atoms with Gasteiger partial charge < -0.3 is 9.88 Å². The van der Waals surface area contributed by atoms with Crippen molar-refractivity contribution in [2.75, 3.05) is 6.54 Å². The summed E-state index contributed by atoms with van der Waals surface area (Å²) >= 11 is 0. The number of imidazole rings is 1. The molecule has 0 saturated carbocycles. The number of nitrogens with one attached hydrogen (secondary N) is 1. The van der Waals surface area contributed by atoms with Gasteiger partial charge in [-0.15, -0.1) is 0 Å². The predicted octanol–water partition coefficient (Wildman–Crippen LogP) is 1.65. The highest BCUT2D eigenvalue weighted by Gasteiger charge is 2.38. The zero-order valence-electron chi connectivity index (χ0n) is 7.93. The van der Waals surface area contributed by atoms with Gasteiger partial charge in [0.1, 0.15) is 0 Å². The van der Waals surface area contributed by atoms with Crippen LogP contribution in [0.25, 0.3) is 6.08 Å². The van der Waals surface area contributed by atoms with Gasteiger partial charge >= 0.3 is 6.18 Å². The lowest BCUT2D eigenvalue weighted by Gasteiger charge is -2.18. The summed E-state index contributed by atoms with van der Waals surface area (Å²) < 4.78 is 39.0. The molecule has 1 aromatic heterocycles. The van der Waals surface area contributed by atoms with E-state index in [0.717, 1.165) is 0 Å². The maximum atomic E-state index is 12.6. The van der Waals surface area contributed by atoms with Crippen molar-refractivity contribution < 1.29 is 13.2 Å². The average Bonchev–Trinajstić information content (AvgIpc) is 2.55. The molecule has 6 heteroatoms.